The summed E-state index contributed by atoms with van der Waals surface area (Å²) in [5.74, 6) is -0.512. The average molecular weight is 298 g/mol. The van der Waals surface area contributed by atoms with Gasteiger partial charge in [-0.05, 0) is 24.3 Å². The van der Waals surface area contributed by atoms with Crippen molar-refractivity contribution in [2.75, 3.05) is 0 Å². The van der Waals surface area contributed by atoms with Gasteiger partial charge >= 0.3 is 0 Å². The monoisotopic (exact) mass is 297 g/mol. The number of carbonyl (C=O) groups excluding carboxylic acids is 1. The first kappa shape index (κ1) is 13.4. The Morgan fingerprint density at radius 2 is 1.71 bits per heavy atom. The van der Waals surface area contributed by atoms with Crippen LogP contribution in [0.3, 0.4) is 0 Å². The topological polar surface area (TPSA) is 60.9 Å². The van der Waals surface area contributed by atoms with Gasteiger partial charge in [0.1, 0.15) is 5.69 Å². The Morgan fingerprint density at radius 1 is 1.05 bits per heavy atom. The summed E-state index contributed by atoms with van der Waals surface area (Å²) in [7, 11) is 0. The molecule has 1 amide bonds. The molecule has 0 bridgehead atoms. The smallest absolute Gasteiger partial charge is 0.252 e. The summed E-state index contributed by atoms with van der Waals surface area (Å²) in [4.78, 5) is 11.6. The highest BCUT2D eigenvalue weighted by Crippen LogP contribution is 2.24. The molecule has 0 aliphatic carbocycles. The molecule has 0 unspecified atom stereocenters. The van der Waals surface area contributed by atoms with Crippen molar-refractivity contribution in [3.63, 3.8) is 0 Å². The third-order valence-corrected chi connectivity index (χ3v) is 3.37. The SMILES string of the molecule is NC(=O)c1cn(-c2ccccc2)nc1-c1ccc(Cl)cc1. The summed E-state index contributed by atoms with van der Waals surface area (Å²) in [6, 6.07) is 16.7. The van der Waals surface area contributed by atoms with Crippen LogP contribution in [0.5, 0.6) is 0 Å². The molecule has 104 valence electrons. The molecule has 3 rings (SSSR count). The van der Waals surface area contributed by atoms with E-state index in [-0.39, 0.29) is 0 Å². The molecule has 1 heterocycles. The number of halogens is 1. The number of carbonyl (C=O) groups is 1. The van der Waals surface area contributed by atoms with E-state index in [9.17, 15) is 4.79 Å². The van der Waals surface area contributed by atoms with E-state index in [4.69, 9.17) is 17.3 Å². The number of hydrogen-bond donors (Lipinski definition) is 1. The molecular weight excluding hydrogens is 286 g/mol. The highest BCUT2D eigenvalue weighted by atomic mass is 35.5. The van der Waals surface area contributed by atoms with Gasteiger partial charge in [-0.3, -0.25) is 4.79 Å². The van der Waals surface area contributed by atoms with Crippen LogP contribution >= 0.6 is 11.6 Å². The number of aromatic nitrogens is 2. The van der Waals surface area contributed by atoms with Gasteiger partial charge in [0.05, 0.1) is 11.3 Å². The summed E-state index contributed by atoms with van der Waals surface area (Å²) in [5, 5.41) is 5.10. The summed E-state index contributed by atoms with van der Waals surface area (Å²) < 4.78 is 1.64. The van der Waals surface area contributed by atoms with Crippen LogP contribution in [0.25, 0.3) is 16.9 Å². The normalized spacial score (nSPS) is 10.5. The molecule has 0 aliphatic heterocycles. The average Bonchev–Trinajstić information content (AvgIpc) is 2.94. The first-order chi connectivity index (χ1) is 10.1. The minimum absolute atomic E-state index is 0.376. The number of nitrogens with two attached hydrogens (primary N) is 1. The van der Waals surface area contributed by atoms with Gasteiger partial charge in [0.2, 0.25) is 0 Å². The third kappa shape index (κ3) is 2.66. The van der Waals surface area contributed by atoms with Crippen LogP contribution in [0.15, 0.2) is 60.8 Å². The van der Waals surface area contributed by atoms with Crippen LogP contribution in [0.1, 0.15) is 10.4 Å². The Balaban J connectivity index is 2.14. The predicted octanol–water partition coefficient (Wildman–Crippen LogP) is 3.29. The third-order valence-electron chi connectivity index (χ3n) is 3.12. The predicted molar refractivity (Wildman–Crippen MR) is 82.5 cm³/mol. The number of rotatable bonds is 3. The van der Waals surface area contributed by atoms with Crippen LogP contribution in [0.2, 0.25) is 5.02 Å². The molecule has 0 saturated heterocycles. The fourth-order valence-electron chi connectivity index (χ4n) is 2.09. The Hall–Kier alpha value is -2.59. The van der Waals surface area contributed by atoms with E-state index in [0.717, 1.165) is 11.3 Å². The molecule has 1 aromatic heterocycles. The van der Waals surface area contributed by atoms with Crippen molar-refractivity contribution in [2.24, 2.45) is 5.73 Å². The lowest BCUT2D eigenvalue weighted by atomic mass is 10.1. The maximum absolute atomic E-state index is 11.6. The maximum Gasteiger partial charge on any atom is 0.252 e. The fraction of sp³-hybridized carbons (Fsp3) is 0. The lowest BCUT2D eigenvalue weighted by molar-refractivity contribution is 0.100. The second-order valence-electron chi connectivity index (χ2n) is 4.54. The molecule has 2 N–H and O–H groups in total. The van der Waals surface area contributed by atoms with E-state index in [0.29, 0.717) is 16.3 Å². The first-order valence-electron chi connectivity index (χ1n) is 6.36. The fourth-order valence-corrected chi connectivity index (χ4v) is 2.21. The lowest BCUT2D eigenvalue weighted by Crippen LogP contribution is -2.11. The number of nitrogens with zero attached hydrogens (tertiary/aromatic N) is 2. The Morgan fingerprint density at radius 3 is 2.33 bits per heavy atom. The van der Waals surface area contributed by atoms with Gasteiger partial charge in [-0.25, -0.2) is 4.68 Å². The molecule has 21 heavy (non-hydrogen) atoms. The molecule has 5 heteroatoms. The standard InChI is InChI=1S/C16H12ClN3O/c17-12-8-6-11(7-9-12)15-14(16(18)21)10-20(19-15)13-4-2-1-3-5-13/h1-10H,(H2,18,21). The van der Waals surface area contributed by atoms with Gasteiger partial charge in [0.15, 0.2) is 0 Å². The first-order valence-corrected chi connectivity index (χ1v) is 6.74. The second-order valence-corrected chi connectivity index (χ2v) is 4.98. The molecule has 4 nitrogen and oxygen atoms in total. The van der Waals surface area contributed by atoms with Crippen molar-refractivity contribution in [3.8, 4) is 16.9 Å². The Labute approximate surface area is 126 Å². The maximum atomic E-state index is 11.6. The molecule has 0 fully saturated rings. The van der Waals surface area contributed by atoms with Crippen molar-refractivity contribution in [1.29, 1.82) is 0 Å². The number of para-hydroxylation sites is 1. The number of benzene rings is 2. The number of hydrogen-bond acceptors (Lipinski definition) is 2. The van der Waals surface area contributed by atoms with Crippen molar-refractivity contribution in [1.82, 2.24) is 9.78 Å². The zero-order valence-electron chi connectivity index (χ0n) is 11.0. The molecule has 0 spiro atoms. The molecule has 3 aromatic rings. The lowest BCUT2D eigenvalue weighted by Gasteiger charge is -2.00. The summed E-state index contributed by atoms with van der Waals surface area (Å²) in [6.45, 7) is 0. The van der Waals surface area contributed by atoms with Gasteiger partial charge in [-0.15, -0.1) is 0 Å². The quantitative estimate of drug-likeness (QED) is 0.806. The highest BCUT2D eigenvalue weighted by Gasteiger charge is 2.16. The zero-order chi connectivity index (χ0) is 14.8. The van der Waals surface area contributed by atoms with Crippen LogP contribution in [0, 0.1) is 0 Å². The van der Waals surface area contributed by atoms with Crippen LogP contribution < -0.4 is 5.73 Å². The summed E-state index contributed by atoms with van der Waals surface area (Å²) in [6.07, 6.45) is 1.64. The molecular formula is C16H12ClN3O. The van der Waals surface area contributed by atoms with Gasteiger partial charge < -0.3 is 5.73 Å². The van der Waals surface area contributed by atoms with Gasteiger partial charge in [0, 0.05) is 16.8 Å². The van der Waals surface area contributed by atoms with Crippen LogP contribution in [-0.2, 0) is 0 Å². The molecule has 0 atom stereocenters. The van der Waals surface area contributed by atoms with Crippen LogP contribution in [-0.4, -0.2) is 15.7 Å². The molecule has 0 aliphatic rings. The minimum Gasteiger partial charge on any atom is -0.365 e. The van der Waals surface area contributed by atoms with E-state index in [2.05, 4.69) is 5.10 Å². The Bertz CT molecular complexity index is 779. The van der Waals surface area contributed by atoms with Crippen molar-refractivity contribution < 1.29 is 4.79 Å². The minimum atomic E-state index is -0.512. The number of amides is 1. The van der Waals surface area contributed by atoms with E-state index >= 15 is 0 Å². The van der Waals surface area contributed by atoms with Gasteiger partial charge in [-0.2, -0.15) is 5.10 Å². The van der Waals surface area contributed by atoms with Crippen molar-refractivity contribution in [2.45, 2.75) is 0 Å². The Kier molecular flexibility index (Phi) is 3.46. The van der Waals surface area contributed by atoms with Crippen LogP contribution in [0.4, 0.5) is 0 Å². The zero-order valence-corrected chi connectivity index (χ0v) is 11.8. The van der Waals surface area contributed by atoms with Crippen molar-refractivity contribution >= 4 is 17.5 Å². The van der Waals surface area contributed by atoms with E-state index < -0.39 is 5.91 Å². The summed E-state index contributed by atoms with van der Waals surface area (Å²) >= 11 is 5.89. The molecule has 0 radical (unpaired) electrons. The second kappa shape index (κ2) is 5.42. The molecule has 0 saturated carbocycles. The number of primary amides is 1. The van der Waals surface area contributed by atoms with Gasteiger partial charge in [0.25, 0.3) is 5.91 Å². The van der Waals surface area contributed by atoms with Gasteiger partial charge in [-0.1, -0.05) is 41.9 Å². The van der Waals surface area contributed by atoms with Crippen molar-refractivity contribution in [3.05, 3.63) is 71.4 Å². The largest absolute Gasteiger partial charge is 0.365 e. The summed E-state index contributed by atoms with van der Waals surface area (Å²) in [5.41, 5.74) is 8.03. The van der Waals surface area contributed by atoms with E-state index in [1.807, 2.05) is 42.5 Å². The van der Waals surface area contributed by atoms with E-state index in [1.165, 1.54) is 0 Å². The molecule has 2 aromatic carbocycles. The highest BCUT2D eigenvalue weighted by molar-refractivity contribution is 6.30. The van der Waals surface area contributed by atoms with E-state index in [1.54, 1.807) is 23.0 Å².